The van der Waals surface area contributed by atoms with Crippen molar-refractivity contribution in [3.05, 3.63) is 23.0 Å². The van der Waals surface area contributed by atoms with Gasteiger partial charge in [-0.3, -0.25) is 4.79 Å². The second kappa shape index (κ2) is 6.96. The number of aromatic nitrogens is 1. The van der Waals surface area contributed by atoms with E-state index in [1.165, 1.54) is 0 Å². The average Bonchev–Trinajstić information content (AvgIpc) is 2.79. The number of carbonyl (C=O) groups is 1. The topological polar surface area (TPSA) is 46.1 Å². The summed E-state index contributed by atoms with van der Waals surface area (Å²) in [5.74, 6) is 0.578. The van der Waals surface area contributed by atoms with Gasteiger partial charge >= 0.3 is 0 Å². The fourth-order valence-corrected chi connectivity index (χ4v) is 2.73. The van der Waals surface area contributed by atoms with E-state index < -0.39 is 0 Å². The van der Waals surface area contributed by atoms with Crippen LogP contribution in [0.5, 0.6) is 0 Å². The number of nitrogens with zero attached hydrogens (tertiary/aromatic N) is 1. The molecule has 0 radical (unpaired) electrons. The van der Waals surface area contributed by atoms with Gasteiger partial charge in [0.2, 0.25) is 0 Å². The van der Waals surface area contributed by atoms with Gasteiger partial charge in [0.1, 0.15) is 5.69 Å². The van der Waals surface area contributed by atoms with Gasteiger partial charge in [0.15, 0.2) is 0 Å². The Morgan fingerprint density at radius 1 is 1.53 bits per heavy atom. The zero-order valence-corrected chi connectivity index (χ0v) is 12.2. The second-order valence-corrected chi connectivity index (χ2v) is 5.58. The number of halogens is 1. The van der Waals surface area contributed by atoms with Crippen molar-refractivity contribution in [3.63, 3.8) is 0 Å². The summed E-state index contributed by atoms with van der Waals surface area (Å²) in [4.78, 5) is 12.2. The zero-order valence-electron chi connectivity index (χ0n) is 11.4. The Bertz CT molecular complexity index is 424. The molecule has 2 N–H and O–H groups in total. The molecule has 1 fully saturated rings. The minimum absolute atomic E-state index is 0.0149. The van der Waals surface area contributed by atoms with E-state index in [9.17, 15) is 4.79 Å². The molecule has 1 aromatic heterocycles. The third-order valence-corrected chi connectivity index (χ3v) is 3.78. The number of aryl methyl sites for hydroxylation is 1. The maximum atomic E-state index is 12.2. The predicted molar refractivity (Wildman–Crippen MR) is 77.7 cm³/mol. The highest BCUT2D eigenvalue weighted by molar-refractivity contribution is 6.31. The Morgan fingerprint density at radius 3 is 2.95 bits per heavy atom. The van der Waals surface area contributed by atoms with Crippen LogP contribution in [0.4, 0.5) is 0 Å². The molecule has 0 saturated carbocycles. The van der Waals surface area contributed by atoms with E-state index in [0.29, 0.717) is 16.6 Å². The predicted octanol–water partition coefficient (Wildman–Crippen LogP) is 2.28. The third kappa shape index (κ3) is 3.98. The highest BCUT2D eigenvalue weighted by atomic mass is 35.5. The van der Waals surface area contributed by atoms with Crippen LogP contribution in [0.3, 0.4) is 0 Å². The van der Waals surface area contributed by atoms with Crippen molar-refractivity contribution < 1.29 is 4.79 Å². The van der Waals surface area contributed by atoms with Gasteiger partial charge in [-0.05, 0) is 44.3 Å². The molecule has 4 nitrogen and oxygen atoms in total. The summed E-state index contributed by atoms with van der Waals surface area (Å²) in [6.07, 6.45) is 5.08. The Labute approximate surface area is 119 Å². The van der Waals surface area contributed by atoms with E-state index in [1.54, 1.807) is 6.07 Å². The number of piperidine rings is 1. The average molecular weight is 284 g/mol. The van der Waals surface area contributed by atoms with Crippen LogP contribution in [0.2, 0.25) is 5.02 Å². The first kappa shape index (κ1) is 14.4. The first-order valence-corrected chi connectivity index (χ1v) is 7.43. The number of carbonyl (C=O) groups excluding carboxylic acids is 1. The van der Waals surface area contributed by atoms with Crippen molar-refractivity contribution in [2.24, 2.45) is 5.92 Å². The molecule has 0 bridgehead atoms. The number of hydrogen-bond acceptors (Lipinski definition) is 2. The molecule has 106 valence electrons. The zero-order chi connectivity index (χ0) is 13.7. The molecule has 19 heavy (non-hydrogen) atoms. The molecule has 0 atom stereocenters. The monoisotopic (exact) mass is 283 g/mol. The fraction of sp³-hybridized carbons (Fsp3) is 0.643. The third-order valence-electron chi connectivity index (χ3n) is 3.57. The molecule has 0 spiro atoms. The Hall–Kier alpha value is -1.00. The summed E-state index contributed by atoms with van der Waals surface area (Å²) in [7, 11) is 0. The van der Waals surface area contributed by atoms with Crippen molar-refractivity contribution in [1.29, 1.82) is 0 Å². The first-order chi connectivity index (χ1) is 9.20. The van der Waals surface area contributed by atoms with Crippen molar-refractivity contribution >= 4 is 17.5 Å². The summed E-state index contributed by atoms with van der Waals surface area (Å²) in [5.41, 5.74) is 0.667. The van der Waals surface area contributed by atoms with Gasteiger partial charge in [-0.15, -0.1) is 0 Å². The molecular formula is C14H22ClN3O. The van der Waals surface area contributed by atoms with E-state index in [4.69, 9.17) is 11.6 Å². The van der Waals surface area contributed by atoms with Crippen molar-refractivity contribution in [2.75, 3.05) is 19.6 Å². The van der Waals surface area contributed by atoms with Gasteiger partial charge in [0.25, 0.3) is 5.91 Å². The van der Waals surface area contributed by atoms with E-state index in [0.717, 1.165) is 45.4 Å². The lowest BCUT2D eigenvalue weighted by Gasteiger charge is -2.22. The van der Waals surface area contributed by atoms with Gasteiger partial charge in [-0.2, -0.15) is 0 Å². The second-order valence-electron chi connectivity index (χ2n) is 5.14. The molecule has 1 aliphatic rings. The Balaban J connectivity index is 1.91. The van der Waals surface area contributed by atoms with Gasteiger partial charge in [-0.25, -0.2) is 0 Å². The van der Waals surface area contributed by atoms with Gasteiger partial charge < -0.3 is 15.2 Å². The van der Waals surface area contributed by atoms with E-state index in [2.05, 4.69) is 17.6 Å². The molecule has 5 heteroatoms. The lowest BCUT2D eigenvalue weighted by atomic mass is 9.98. The summed E-state index contributed by atoms with van der Waals surface area (Å²) in [5, 5.41) is 6.99. The maximum absolute atomic E-state index is 12.2. The van der Waals surface area contributed by atoms with E-state index in [1.807, 2.05) is 10.8 Å². The molecule has 0 aliphatic carbocycles. The largest absolute Gasteiger partial charge is 0.350 e. The van der Waals surface area contributed by atoms with Crippen LogP contribution < -0.4 is 10.6 Å². The summed E-state index contributed by atoms with van der Waals surface area (Å²) < 4.78 is 1.93. The Kier molecular flexibility index (Phi) is 5.28. The molecule has 1 amide bonds. The normalized spacial score (nSPS) is 16.5. The van der Waals surface area contributed by atoms with Crippen LogP contribution in [0.15, 0.2) is 12.3 Å². The van der Waals surface area contributed by atoms with Gasteiger partial charge in [-0.1, -0.05) is 18.5 Å². The van der Waals surface area contributed by atoms with Gasteiger partial charge in [0, 0.05) is 19.3 Å². The summed E-state index contributed by atoms with van der Waals surface area (Å²) in [6, 6.07) is 1.75. The molecule has 1 aliphatic heterocycles. The minimum atomic E-state index is -0.0149. The minimum Gasteiger partial charge on any atom is -0.350 e. The first-order valence-electron chi connectivity index (χ1n) is 7.05. The Morgan fingerprint density at radius 2 is 2.26 bits per heavy atom. The maximum Gasteiger partial charge on any atom is 0.267 e. The number of hydrogen-bond donors (Lipinski definition) is 2. The summed E-state index contributed by atoms with van der Waals surface area (Å²) >= 11 is 5.99. The van der Waals surface area contributed by atoms with Crippen LogP contribution in [0, 0.1) is 5.92 Å². The van der Waals surface area contributed by atoms with Crippen LogP contribution in [-0.4, -0.2) is 30.1 Å². The lowest BCUT2D eigenvalue weighted by Crippen LogP contribution is -2.36. The smallest absolute Gasteiger partial charge is 0.267 e. The van der Waals surface area contributed by atoms with E-state index >= 15 is 0 Å². The number of nitrogens with one attached hydrogen (secondary N) is 2. The fourth-order valence-electron chi connectivity index (χ4n) is 2.50. The van der Waals surface area contributed by atoms with Gasteiger partial charge in [0.05, 0.1) is 5.02 Å². The van der Waals surface area contributed by atoms with Crippen LogP contribution in [0.25, 0.3) is 0 Å². The van der Waals surface area contributed by atoms with Crippen LogP contribution >= 0.6 is 11.6 Å². The molecule has 1 aromatic rings. The quantitative estimate of drug-likeness (QED) is 0.871. The van der Waals surface area contributed by atoms with Crippen molar-refractivity contribution in [3.8, 4) is 0 Å². The lowest BCUT2D eigenvalue weighted by molar-refractivity contribution is 0.0935. The SMILES string of the molecule is CCCn1cc(Cl)cc1C(=O)NCC1CCNCC1. The molecule has 2 rings (SSSR count). The number of rotatable bonds is 5. The standard InChI is InChI=1S/C14H22ClN3O/c1-2-7-18-10-12(15)8-13(18)14(19)17-9-11-3-5-16-6-4-11/h8,10-11,16H,2-7,9H2,1H3,(H,17,19). The molecule has 2 heterocycles. The van der Waals surface area contributed by atoms with Crippen LogP contribution in [-0.2, 0) is 6.54 Å². The van der Waals surface area contributed by atoms with Crippen molar-refractivity contribution in [1.82, 2.24) is 15.2 Å². The van der Waals surface area contributed by atoms with E-state index in [-0.39, 0.29) is 5.91 Å². The highest BCUT2D eigenvalue weighted by Gasteiger charge is 2.16. The molecule has 1 saturated heterocycles. The molecule has 0 unspecified atom stereocenters. The summed E-state index contributed by atoms with van der Waals surface area (Å²) in [6.45, 7) is 5.78. The van der Waals surface area contributed by atoms with Crippen LogP contribution in [0.1, 0.15) is 36.7 Å². The molecule has 0 aromatic carbocycles. The molecular weight excluding hydrogens is 262 g/mol. The van der Waals surface area contributed by atoms with Crippen molar-refractivity contribution in [2.45, 2.75) is 32.7 Å². The highest BCUT2D eigenvalue weighted by Crippen LogP contribution is 2.15. The number of amides is 1.